The van der Waals surface area contributed by atoms with Gasteiger partial charge in [-0.15, -0.1) is 5.10 Å². The Hall–Kier alpha value is -3.17. The quantitative estimate of drug-likeness (QED) is 0.391. The first-order chi connectivity index (χ1) is 14.7. The van der Waals surface area contributed by atoms with Crippen LogP contribution in [0.1, 0.15) is 18.1 Å². The van der Waals surface area contributed by atoms with E-state index in [1.54, 1.807) is 6.07 Å². The summed E-state index contributed by atoms with van der Waals surface area (Å²) in [6.07, 6.45) is 0.624. The van der Waals surface area contributed by atoms with Gasteiger partial charge < -0.3 is 9.84 Å². The molecule has 0 atom stereocenters. The Morgan fingerprint density at radius 3 is 2.73 bits per heavy atom. The number of rotatable bonds is 8. The third-order valence-corrected chi connectivity index (χ3v) is 5.23. The maximum absolute atomic E-state index is 12.0. The number of nitrogens with one attached hydrogen (secondary N) is 2. The van der Waals surface area contributed by atoms with Gasteiger partial charge in [0.25, 0.3) is 0 Å². The van der Waals surface area contributed by atoms with Crippen molar-refractivity contribution < 1.29 is 9.32 Å². The molecule has 0 radical (unpaired) electrons. The summed E-state index contributed by atoms with van der Waals surface area (Å²) in [5.74, 6) is 1.87. The lowest BCUT2D eigenvalue weighted by molar-refractivity contribution is -0.116. The number of thioether (sulfide) groups is 1. The molecule has 0 spiro atoms. The van der Waals surface area contributed by atoms with E-state index in [1.165, 1.54) is 11.8 Å². The SMILES string of the molecule is O=C(CCc1nc(CSc2n[nH]c(-c3ccccc3Cl)n2)no1)Nc1ccccc1. The minimum atomic E-state index is -0.108. The van der Waals surface area contributed by atoms with E-state index in [2.05, 4.69) is 30.6 Å². The molecule has 8 nitrogen and oxygen atoms in total. The first-order valence-electron chi connectivity index (χ1n) is 9.14. The van der Waals surface area contributed by atoms with Gasteiger partial charge in [-0.05, 0) is 24.3 Å². The van der Waals surface area contributed by atoms with E-state index in [0.29, 0.717) is 39.9 Å². The van der Waals surface area contributed by atoms with Crippen LogP contribution >= 0.6 is 23.4 Å². The van der Waals surface area contributed by atoms with Gasteiger partial charge in [0.2, 0.25) is 17.0 Å². The van der Waals surface area contributed by atoms with Crippen molar-refractivity contribution in [3.63, 3.8) is 0 Å². The number of amides is 1. The van der Waals surface area contributed by atoms with Gasteiger partial charge in [-0.1, -0.05) is 58.9 Å². The van der Waals surface area contributed by atoms with Crippen molar-refractivity contribution in [2.75, 3.05) is 5.32 Å². The number of benzene rings is 2. The van der Waals surface area contributed by atoms with Crippen LogP contribution in [0.5, 0.6) is 0 Å². The van der Waals surface area contributed by atoms with Crippen LogP contribution in [0.25, 0.3) is 11.4 Å². The first kappa shape index (κ1) is 20.1. The lowest BCUT2D eigenvalue weighted by Gasteiger charge is -2.02. The van der Waals surface area contributed by atoms with Gasteiger partial charge >= 0.3 is 0 Å². The second kappa shape index (κ2) is 9.55. The molecule has 2 aromatic carbocycles. The van der Waals surface area contributed by atoms with Crippen molar-refractivity contribution in [1.82, 2.24) is 25.3 Å². The van der Waals surface area contributed by atoms with E-state index in [-0.39, 0.29) is 12.3 Å². The number of anilines is 1. The number of aromatic nitrogens is 5. The van der Waals surface area contributed by atoms with E-state index >= 15 is 0 Å². The molecule has 152 valence electrons. The molecule has 0 saturated carbocycles. The fourth-order valence-electron chi connectivity index (χ4n) is 2.63. The molecule has 2 aromatic heterocycles. The summed E-state index contributed by atoms with van der Waals surface area (Å²) in [5.41, 5.74) is 1.54. The fourth-order valence-corrected chi connectivity index (χ4v) is 3.50. The van der Waals surface area contributed by atoms with Crippen LogP contribution in [0, 0.1) is 0 Å². The number of halogens is 1. The molecule has 30 heavy (non-hydrogen) atoms. The highest BCUT2D eigenvalue weighted by molar-refractivity contribution is 7.98. The molecule has 0 aliphatic heterocycles. The summed E-state index contributed by atoms with van der Waals surface area (Å²) >= 11 is 7.56. The van der Waals surface area contributed by atoms with Crippen molar-refractivity contribution in [1.29, 1.82) is 0 Å². The molecule has 0 saturated heterocycles. The number of carbonyl (C=O) groups excluding carboxylic acids is 1. The van der Waals surface area contributed by atoms with Gasteiger partial charge in [0.15, 0.2) is 11.6 Å². The zero-order valence-corrected chi connectivity index (χ0v) is 17.3. The number of hydrogen-bond donors (Lipinski definition) is 2. The average Bonchev–Trinajstić information content (AvgIpc) is 3.41. The lowest BCUT2D eigenvalue weighted by atomic mass is 10.2. The highest BCUT2D eigenvalue weighted by Crippen LogP contribution is 2.26. The predicted molar refractivity (Wildman–Crippen MR) is 114 cm³/mol. The highest BCUT2D eigenvalue weighted by Gasteiger charge is 2.13. The minimum Gasteiger partial charge on any atom is -0.339 e. The van der Waals surface area contributed by atoms with Crippen LogP contribution in [0.2, 0.25) is 5.02 Å². The molecular weight excluding hydrogens is 424 g/mol. The van der Waals surface area contributed by atoms with E-state index in [1.807, 2.05) is 48.5 Å². The number of aryl methyl sites for hydroxylation is 1. The molecule has 0 unspecified atom stereocenters. The third kappa shape index (κ3) is 5.25. The van der Waals surface area contributed by atoms with Crippen LogP contribution in [0.4, 0.5) is 5.69 Å². The van der Waals surface area contributed by atoms with Crippen LogP contribution < -0.4 is 5.32 Å². The van der Waals surface area contributed by atoms with Gasteiger partial charge in [-0.2, -0.15) is 4.98 Å². The first-order valence-corrected chi connectivity index (χ1v) is 10.5. The fraction of sp³-hybridized carbons (Fsp3) is 0.150. The third-order valence-electron chi connectivity index (χ3n) is 4.06. The summed E-state index contributed by atoms with van der Waals surface area (Å²) in [5, 5.41) is 15.0. The minimum absolute atomic E-state index is 0.108. The summed E-state index contributed by atoms with van der Waals surface area (Å²) < 4.78 is 5.22. The summed E-state index contributed by atoms with van der Waals surface area (Å²) in [6, 6.07) is 16.7. The lowest BCUT2D eigenvalue weighted by Crippen LogP contribution is -2.12. The second-order valence-corrected chi connectivity index (χ2v) is 7.60. The van der Waals surface area contributed by atoms with Crippen LogP contribution in [0.15, 0.2) is 64.3 Å². The molecular formula is C20H17ClN6O2S. The number of para-hydroxylation sites is 1. The molecule has 1 amide bonds. The van der Waals surface area contributed by atoms with Crippen LogP contribution in [0.3, 0.4) is 0 Å². The summed E-state index contributed by atoms with van der Waals surface area (Å²) in [6.45, 7) is 0. The standard InChI is InChI=1S/C20H17ClN6O2S/c21-15-9-5-4-8-14(15)19-24-20(26-25-19)30-12-16-23-18(29-27-16)11-10-17(28)22-13-6-2-1-3-7-13/h1-9H,10-12H2,(H,22,28)(H,24,25,26). The number of H-pyrrole nitrogens is 1. The Bertz CT molecular complexity index is 1130. The smallest absolute Gasteiger partial charge is 0.227 e. The number of carbonyl (C=O) groups is 1. The van der Waals surface area contributed by atoms with Crippen molar-refractivity contribution in [3.8, 4) is 11.4 Å². The Labute approximate surface area is 181 Å². The molecule has 0 aliphatic carbocycles. The normalized spacial score (nSPS) is 10.8. The van der Waals surface area contributed by atoms with E-state index in [4.69, 9.17) is 16.1 Å². The zero-order valence-electron chi connectivity index (χ0n) is 15.7. The number of hydrogen-bond acceptors (Lipinski definition) is 7. The number of aromatic amines is 1. The summed E-state index contributed by atoms with van der Waals surface area (Å²) in [4.78, 5) is 20.8. The van der Waals surface area contributed by atoms with Crippen molar-refractivity contribution in [2.45, 2.75) is 23.8 Å². The Kier molecular flexibility index (Phi) is 6.41. The highest BCUT2D eigenvalue weighted by atomic mass is 35.5. The van der Waals surface area contributed by atoms with Crippen LogP contribution in [-0.2, 0) is 17.0 Å². The van der Waals surface area contributed by atoms with E-state index in [0.717, 1.165) is 11.3 Å². The maximum Gasteiger partial charge on any atom is 0.227 e. The molecule has 4 rings (SSSR count). The molecule has 4 aromatic rings. The Morgan fingerprint density at radius 2 is 1.90 bits per heavy atom. The van der Waals surface area contributed by atoms with Crippen molar-refractivity contribution in [2.24, 2.45) is 0 Å². The monoisotopic (exact) mass is 440 g/mol. The van der Waals surface area contributed by atoms with Gasteiger partial charge in [0.1, 0.15) is 0 Å². The molecule has 10 heteroatoms. The topological polar surface area (TPSA) is 110 Å². The number of nitrogens with zero attached hydrogens (tertiary/aromatic N) is 4. The van der Waals surface area contributed by atoms with Crippen molar-refractivity contribution >= 4 is 35.0 Å². The summed E-state index contributed by atoms with van der Waals surface area (Å²) in [7, 11) is 0. The van der Waals surface area contributed by atoms with E-state index < -0.39 is 0 Å². The van der Waals surface area contributed by atoms with Crippen molar-refractivity contribution in [3.05, 3.63) is 71.3 Å². The zero-order chi connectivity index (χ0) is 20.8. The van der Waals surface area contributed by atoms with Gasteiger partial charge in [0, 0.05) is 24.1 Å². The van der Waals surface area contributed by atoms with E-state index in [9.17, 15) is 4.79 Å². The molecule has 0 bridgehead atoms. The maximum atomic E-state index is 12.0. The van der Waals surface area contributed by atoms with Gasteiger partial charge in [-0.25, -0.2) is 4.98 Å². The molecule has 2 N–H and O–H groups in total. The second-order valence-electron chi connectivity index (χ2n) is 6.25. The Morgan fingerprint density at radius 1 is 1.10 bits per heavy atom. The average molecular weight is 441 g/mol. The molecule has 0 fully saturated rings. The Balaban J connectivity index is 1.27. The van der Waals surface area contributed by atoms with Gasteiger partial charge in [-0.3, -0.25) is 9.89 Å². The van der Waals surface area contributed by atoms with Gasteiger partial charge in [0.05, 0.1) is 10.8 Å². The largest absolute Gasteiger partial charge is 0.339 e. The molecule has 0 aliphatic rings. The predicted octanol–water partition coefficient (Wildman–Crippen LogP) is 4.37. The van der Waals surface area contributed by atoms with Crippen LogP contribution in [-0.4, -0.2) is 31.2 Å². The molecule has 2 heterocycles.